The maximum absolute atomic E-state index is 12.5. The van der Waals surface area contributed by atoms with Crippen LogP contribution in [0.2, 0.25) is 0 Å². The Morgan fingerprint density at radius 3 is 2.38 bits per heavy atom. The molecule has 178 valence electrons. The zero-order chi connectivity index (χ0) is 24.0. The van der Waals surface area contributed by atoms with Crippen molar-refractivity contribution in [2.24, 2.45) is 5.10 Å². The summed E-state index contributed by atoms with van der Waals surface area (Å²) in [7, 11) is 4.78. The van der Waals surface area contributed by atoms with Gasteiger partial charge in [0.15, 0.2) is 11.5 Å². The van der Waals surface area contributed by atoms with Crippen molar-refractivity contribution in [1.29, 1.82) is 0 Å². The predicted octanol–water partition coefficient (Wildman–Crippen LogP) is 4.15. The number of phenols is 1. The van der Waals surface area contributed by atoms with Crippen LogP contribution in [0.4, 0.5) is 0 Å². The molecule has 0 unspecified atom stereocenters. The normalized spacial score (nSPS) is 17.2. The molecule has 8 heteroatoms. The van der Waals surface area contributed by atoms with Crippen LogP contribution >= 0.6 is 0 Å². The molecule has 3 aromatic rings. The lowest BCUT2D eigenvalue weighted by atomic mass is 9.87. The Balaban J connectivity index is 1.57. The minimum Gasteiger partial charge on any atom is -0.506 e. The third kappa shape index (κ3) is 3.45. The van der Waals surface area contributed by atoms with E-state index in [0.29, 0.717) is 52.2 Å². The molecule has 0 fully saturated rings. The van der Waals surface area contributed by atoms with Gasteiger partial charge < -0.3 is 29.2 Å². The van der Waals surface area contributed by atoms with Crippen molar-refractivity contribution in [2.75, 3.05) is 21.3 Å². The van der Waals surface area contributed by atoms with Gasteiger partial charge in [-0.15, -0.1) is 0 Å². The third-order valence-corrected chi connectivity index (χ3v) is 6.83. The second kappa shape index (κ2) is 8.59. The molecular formula is C26H28N2O6. The molecule has 8 nitrogen and oxygen atoms in total. The van der Waals surface area contributed by atoms with Crippen LogP contribution in [-0.2, 0) is 12.8 Å². The van der Waals surface area contributed by atoms with Crippen molar-refractivity contribution >= 4 is 16.7 Å². The fourth-order valence-corrected chi connectivity index (χ4v) is 5.18. The number of hydrazone groups is 1. The zero-order valence-electron chi connectivity index (χ0n) is 19.8. The first-order chi connectivity index (χ1) is 16.5. The molecule has 0 saturated carbocycles. The Morgan fingerprint density at radius 1 is 1.00 bits per heavy atom. The van der Waals surface area contributed by atoms with E-state index in [1.807, 2.05) is 19.1 Å². The Kier molecular flexibility index (Phi) is 5.59. The SMILES string of the molecule is COc1cc(OC)c([C@H]2CC(c3c(C)cc4oc(=O)c5c(c4c3O)CCCC5)=NN2)cc1OC. The molecule has 1 aliphatic carbocycles. The number of rotatable bonds is 5. The quantitative estimate of drug-likeness (QED) is 0.547. The molecule has 0 saturated heterocycles. The van der Waals surface area contributed by atoms with Gasteiger partial charge >= 0.3 is 5.63 Å². The fourth-order valence-electron chi connectivity index (χ4n) is 5.18. The summed E-state index contributed by atoms with van der Waals surface area (Å²) in [4.78, 5) is 12.5. The molecule has 1 atom stereocenters. The van der Waals surface area contributed by atoms with Crippen molar-refractivity contribution in [3.8, 4) is 23.0 Å². The Bertz CT molecular complexity index is 1370. The van der Waals surface area contributed by atoms with Crippen LogP contribution in [0.3, 0.4) is 0 Å². The third-order valence-electron chi connectivity index (χ3n) is 6.83. The summed E-state index contributed by atoms with van der Waals surface area (Å²) >= 11 is 0. The van der Waals surface area contributed by atoms with Crippen molar-refractivity contribution in [3.05, 3.63) is 56.4 Å². The standard InChI is InChI=1S/C26H28N2O6/c1-13-9-22-24(14-7-5-6-8-15(14)26(30)34-22)25(29)23(13)18-11-17(27-28-18)16-10-20(32-3)21(33-4)12-19(16)31-2/h9-10,12,17,27,29H,5-8,11H2,1-4H3/t17-/m1/s1. The maximum atomic E-state index is 12.5. The number of nitrogens with one attached hydrogen (secondary N) is 1. The van der Waals surface area contributed by atoms with Crippen LogP contribution in [0.1, 0.15) is 53.1 Å². The summed E-state index contributed by atoms with van der Waals surface area (Å²) in [6.07, 6.45) is 3.90. The lowest BCUT2D eigenvalue weighted by molar-refractivity contribution is 0.345. The molecule has 1 aliphatic heterocycles. The van der Waals surface area contributed by atoms with Crippen LogP contribution in [0.15, 0.2) is 32.5 Å². The second-order valence-electron chi connectivity index (χ2n) is 8.74. The highest BCUT2D eigenvalue weighted by Crippen LogP contribution is 2.42. The summed E-state index contributed by atoms with van der Waals surface area (Å²) in [5.74, 6) is 1.95. The fraction of sp³-hybridized carbons (Fsp3) is 0.385. The van der Waals surface area contributed by atoms with Gasteiger partial charge in [0.05, 0.1) is 38.5 Å². The average Bonchev–Trinajstić information content (AvgIpc) is 3.32. The van der Waals surface area contributed by atoms with Gasteiger partial charge in [-0.1, -0.05) is 0 Å². The average molecular weight is 465 g/mol. The van der Waals surface area contributed by atoms with Gasteiger partial charge in [-0.25, -0.2) is 4.79 Å². The van der Waals surface area contributed by atoms with E-state index in [1.165, 1.54) is 0 Å². The molecule has 2 aromatic carbocycles. The number of hydrogen-bond acceptors (Lipinski definition) is 8. The number of aryl methyl sites for hydroxylation is 2. The molecule has 0 radical (unpaired) electrons. The van der Waals surface area contributed by atoms with Crippen LogP contribution in [0.5, 0.6) is 23.0 Å². The van der Waals surface area contributed by atoms with Gasteiger partial charge in [0.2, 0.25) is 0 Å². The van der Waals surface area contributed by atoms with Gasteiger partial charge in [0.25, 0.3) is 0 Å². The second-order valence-corrected chi connectivity index (χ2v) is 8.74. The topological polar surface area (TPSA) is 103 Å². The van der Waals surface area contributed by atoms with Crippen molar-refractivity contribution < 1.29 is 23.7 Å². The molecule has 0 spiro atoms. The summed E-state index contributed by atoms with van der Waals surface area (Å²) in [5.41, 5.74) is 7.97. The van der Waals surface area contributed by atoms with E-state index >= 15 is 0 Å². The number of ether oxygens (including phenoxy) is 3. The molecular weight excluding hydrogens is 436 g/mol. The maximum Gasteiger partial charge on any atom is 0.339 e. The molecule has 34 heavy (non-hydrogen) atoms. The number of benzene rings is 2. The summed E-state index contributed by atoms with van der Waals surface area (Å²) < 4.78 is 22.1. The number of nitrogens with zero attached hydrogens (tertiary/aromatic N) is 1. The van der Waals surface area contributed by atoms with E-state index in [4.69, 9.17) is 18.6 Å². The van der Waals surface area contributed by atoms with E-state index in [9.17, 15) is 9.90 Å². The first kappa shape index (κ1) is 22.1. The highest BCUT2D eigenvalue weighted by Gasteiger charge is 2.30. The van der Waals surface area contributed by atoms with Gasteiger partial charge in [0.1, 0.15) is 17.1 Å². The van der Waals surface area contributed by atoms with E-state index < -0.39 is 0 Å². The molecule has 2 N–H and O–H groups in total. The zero-order valence-corrected chi connectivity index (χ0v) is 19.8. The smallest absolute Gasteiger partial charge is 0.339 e. The van der Waals surface area contributed by atoms with Gasteiger partial charge in [-0.05, 0) is 55.9 Å². The van der Waals surface area contributed by atoms with Crippen LogP contribution in [0, 0.1) is 6.92 Å². The Morgan fingerprint density at radius 2 is 1.68 bits per heavy atom. The molecule has 5 rings (SSSR count). The van der Waals surface area contributed by atoms with Crippen LogP contribution in [-0.4, -0.2) is 32.1 Å². The van der Waals surface area contributed by atoms with Gasteiger partial charge in [0, 0.05) is 29.2 Å². The number of methoxy groups -OCH3 is 3. The van der Waals surface area contributed by atoms with E-state index in [1.54, 1.807) is 27.4 Å². The highest BCUT2D eigenvalue weighted by atomic mass is 16.5. The van der Waals surface area contributed by atoms with Crippen LogP contribution in [0.25, 0.3) is 11.0 Å². The van der Waals surface area contributed by atoms with Crippen molar-refractivity contribution in [3.63, 3.8) is 0 Å². The summed E-state index contributed by atoms with van der Waals surface area (Å²) in [5, 5.41) is 16.6. The first-order valence-electron chi connectivity index (χ1n) is 11.4. The van der Waals surface area contributed by atoms with Gasteiger partial charge in [-0.2, -0.15) is 5.10 Å². The predicted molar refractivity (Wildman–Crippen MR) is 129 cm³/mol. The number of hydrogen-bond donors (Lipinski definition) is 2. The minimum atomic E-state index is -0.297. The monoisotopic (exact) mass is 464 g/mol. The largest absolute Gasteiger partial charge is 0.506 e. The van der Waals surface area contributed by atoms with Crippen molar-refractivity contribution in [1.82, 2.24) is 5.43 Å². The lowest BCUT2D eigenvalue weighted by Gasteiger charge is -2.19. The minimum absolute atomic E-state index is 0.123. The molecule has 1 aromatic heterocycles. The summed E-state index contributed by atoms with van der Waals surface area (Å²) in [6.45, 7) is 1.89. The van der Waals surface area contributed by atoms with Crippen molar-refractivity contribution in [2.45, 2.75) is 45.1 Å². The first-order valence-corrected chi connectivity index (χ1v) is 11.4. The van der Waals surface area contributed by atoms with E-state index in [2.05, 4.69) is 10.5 Å². The molecule has 0 amide bonds. The van der Waals surface area contributed by atoms with Crippen LogP contribution < -0.4 is 25.3 Å². The number of aromatic hydroxyl groups is 1. The Hall–Kier alpha value is -3.68. The summed E-state index contributed by atoms with van der Waals surface area (Å²) in [6, 6.07) is 5.32. The number of fused-ring (bicyclic) bond motifs is 3. The molecule has 2 heterocycles. The lowest BCUT2D eigenvalue weighted by Crippen LogP contribution is -2.16. The van der Waals surface area contributed by atoms with E-state index in [0.717, 1.165) is 41.7 Å². The van der Waals surface area contributed by atoms with Gasteiger partial charge in [-0.3, -0.25) is 0 Å². The van der Waals surface area contributed by atoms with E-state index in [-0.39, 0.29) is 17.4 Å². The number of phenolic OH excluding ortho intramolecular Hbond substituents is 1. The molecule has 0 bridgehead atoms. The highest BCUT2D eigenvalue weighted by molar-refractivity contribution is 6.09. The Labute approximate surface area is 197 Å². The molecule has 2 aliphatic rings.